The molecular formula is C8H15NO2. The van der Waals surface area contributed by atoms with Gasteiger partial charge in [0.15, 0.2) is 5.79 Å². The van der Waals surface area contributed by atoms with Crippen molar-refractivity contribution >= 4 is 0 Å². The molecule has 0 aromatic rings. The zero-order chi connectivity index (χ0) is 7.90. The first-order valence-electron chi connectivity index (χ1n) is 4.20. The van der Waals surface area contributed by atoms with E-state index in [2.05, 4.69) is 5.32 Å². The SMILES string of the molecule is CC1(C)OCC(C2CNC2)O1. The molecule has 64 valence electrons. The molecule has 2 rings (SSSR count). The molecule has 1 atom stereocenters. The van der Waals surface area contributed by atoms with E-state index >= 15 is 0 Å². The van der Waals surface area contributed by atoms with E-state index in [4.69, 9.17) is 9.47 Å². The summed E-state index contributed by atoms with van der Waals surface area (Å²) in [4.78, 5) is 0. The van der Waals surface area contributed by atoms with Crippen molar-refractivity contribution in [2.75, 3.05) is 19.7 Å². The molecule has 0 radical (unpaired) electrons. The van der Waals surface area contributed by atoms with Gasteiger partial charge in [0.05, 0.1) is 12.7 Å². The molecule has 0 spiro atoms. The Bertz CT molecular complexity index is 154. The van der Waals surface area contributed by atoms with Gasteiger partial charge in [-0.1, -0.05) is 0 Å². The molecule has 0 bridgehead atoms. The number of ether oxygens (including phenoxy) is 2. The Kier molecular flexibility index (Phi) is 1.67. The van der Waals surface area contributed by atoms with Crippen molar-refractivity contribution in [1.82, 2.24) is 5.32 Å². The van der Waals surface area contributed by atoms with Crippen LogP contribution >= 0.6 is 0 Å². The van der Waals surface area contributed by atoms with Gasteiger partial charge in [0, 0.05) is 19.0 Å². The molecule has 2 heterocycles. The van der Waals surface area contributed by atoms with Crippen LogP contribution in [0.5, 0.6) is 0 Å². The quantitative estimate of drug-likeness (QED) is 0.596. The summed E-state index contributed by atoms with van der Waals surface area (Å²) in [5, 5.41) is 3.23. The van der Waals surface area contributed by atoms with Gasteiger partial charge < -0.3 is 14.8 Å². The largest absolute Gasteiger partial charge is 0.348 e. The van der Waals surface area contributed by atoms with E-state index in [-0.39, 0.29) is 5.79 Å². The standard InChI is InChI=1S/C8H15NO2/c1-8(2)10-5-7(11-8)6-3-9-4-6/h6-7,9H,3-5H2,1-2H3. The molecule has 0 aliphatic carbocycles. The lowest BCUT2D eigenvalue weighted by atomic mass is 9.97. The van der Waals surface area contributed by atoms with Gasteiger partial charge in [-0.3, -0.25) is 0 Å². The van der Waals surface area contributed by atoms with Gasteiger partial charge in [-0.05, 0) is 13.8 Å². The van der Waals surface area contributed by atoms with Gasteiger partial charge in [-0.2, -0.15) is 0 Å². The normalized spacial score (nSPS) is 37.1. The lowest BCUT2D eigenvalue weighted by Gasteiger charge is -2.31. The van der Waals surface area contributed by atoms with Crippen LogP contribution in [0.4, 0.5) is 0 Å². The maximum Gasteiger partial charge on any atom is 0.163 e. The van der Waals surface area contributed by atoms with Gasteiger partial charge in [0.2, 0.25) is 0 Å². The third kappa shape index (κ3) is 1.41. The summed E-state index contributed by atoms with van der Waals surface area (Å²) in [6.07, 6.45) is 0.325. The second-order valence-corrected chi connectivity index (χ2v) is 3.79. The van der Waals surface area contributed by atoms with Crippen LogP contribution in [0.1, 0.15) is 13.8 Å². The Morgan fingerprint density at radius 1 is 1.36 bits per heavy atom. The summed E-state index contributed by atoms with van der Waals surface area (Å²) in [6, 6.07) is 0. The molecule has 2 aliphatic heterocycles. The molecule has 0 amide bonds. The van der Waals surface area contributed by atoms with Crippen LogP contribution in [0.25, 0.3) is 0 Å². The monoisotopic (exact) mass is 157 g/mol. The first kappa shape index (κ1) is 7.53. The van der Waals surface area contributed by atoms with Crippen molar-refractivity contribution < 1.29 is 9.47 Å². The highest BCUT2D eigenvalue weighted by molar-refractivity contribution is 4.86. The van der Waals surface area contributed by atoms with E-state index in [9.17, 15) is 0 Å². The van der Waals surface area contributed by atoms with Crippen LogP contribution in [0.2, 0.25) is 0 Å². The third-order valence-electron chi connectivity index (χ3n) is 2.37. The third-order valence-corrected chi connectivity index (χ3v) is 2.37. The summed E-state index contributed by atoms with van der Waals surface area (Å²) >= 11 is 0. The molecule has 3 heteroatoms. The number of rotatable bonds is 1. The van der Waals surface area contributed by atoms with Crippen LogP contribution in [-0.2, 0) is 9.47 Å². The van der Waals surface area contributed by atoms with Gasteiger partial charge in [-0.15, -0.1) is 0 Å². The Labute approximate surface area is 67.1 Å². The maximum absolute atomic E-state index is 5.69. The van der Waals surface area contributed by atoms with E-state index < -0.39 is 0 Å². The molecule has 0 saturated carbocycles. The molecule has 2 fully saturated rings. The summed E-state index contributed by atoms with van der Waals surface area (Å²) in [7, 11) is 0. The van der Waals surface area contributed by atoms with Crippen molar-refractivity contribution in [3.05, 3.63) is 0 Å². The fourth-order valence-electron chi connectivity index (χ4n) is 1.52. The number of nitrogens with one attached hydrogen (secondary N) is 1. The molecular weight excluding hydrogens is 142 g/mol. The highest BCUT2D eigenvalue weighted by Crippen LogP contribution is 2.27. The highest BCUT2D eigenvalue weighted by Gasteiger charge is 2.39. The van der Waals surface area contributed by atoms with Gasteiger partial charge in [0.1, 0.15) is 0 Å². The molecule has 0 aromatic heterocycles. The first-order chi connectivity index (χ1) is 5.17. The maximum atomic E-state index is 5.69. The van der Waals surface area contributed by atoms with Gasteiger partial charge in [0.25, 0.3) is 0 Å². The van der Waals surface area contributed by atoms with Crippen molar-refractivity contribution in [3.63, 3.8) is 0 Å². The predicted molar refractivity (Wildman–Crippen MR) is 41.3 cm³/mol. The summed E-state index contributed by atoms with van der Waals surface area (Å²) in [6.45, 7) is 6.88. The minimum atomic E-state index is -0.347. The van der Waals surface area contributed by atoms with E-state index in [1.54, 1.807) is 0 Å². The van der Waals surface area contributed by atoms with Crippen LogP contribution in [0, 0.1) is 5.92 Å². The topological polar surface area (TPSA) is 30.5 Å². The molecule has 2 aliphatic rings. The smallest absolute Gasteiger partial charge is 0.163 e. The molecule has 2 saturated heterocycles. The molecule has 1 N–H and O–H groups in total. The minimum absolute atomic E-state index is 0.325. The Hall–Kier alpha value is -0.120. The number of hydrogen-bond acceptors (Lipinski definition) is 3. The lowest BCUT2D eigenvalue weighted by molar-refractivity contribution is -0.146. The first-order valence-corrected chi connectivity index (χ1v) is 4.20. The summed E-state index contributed by atoms with van der Waals surface area (Å²) < 4.78 is 11.2. The molecule has 0 aromatic carbocycles. The van der Waals surface area contributed by atoms with Crippen molar-refractivity contribution in [2.24, 2.45) is 5.92 Å². The van der Waals surface area contributed by atoms with E-state index in [1.807, 2.05) is 13.8 Å². The molecule has 1 unspecified atom stereocenters. The highest BCUT2D eigenvalue weighted by atomic mass is 16.7. The fourth-order valence-corrected chi connectivity index (χ4v) is 1.52. The average Bonchev–Trinajstić information content (AvgIpc) is 2.05. The van der Waals surface area contributed by atoms with Crippen LogP contribution in [0.3, 0.4) is 0 Å². The Balaban J connectivity index is 1.88. The van der Waals surface area contributed by atoms with E-state index in [0.717, 1.165) is 19.7 Å². The predicted octanol–water partition coefficient (Wildman–Crippen LogP) is 0.357. The summed E-state index contributed by atoms with van der Waals surface area (Å²) in [5.74, 6) is 0.331. The fraction of sp³-hybridized carbons (Fsp3) is 1.00. The van der Waals surface area contributed by atoms with Crippen molar-refractivity contribution in [1.29, 1.82) is 0 Å². The average molecular weight is 157 g/mol. The van der Waals surface area contributed by atoms with Crippen molar-refractivity contribution in [3.8, 4) is 0 Å². The van der Waals surface area contributed by atoms with Gasteiger partial charge >= 0.3 is 0 Å². The van der Waals surface area contributed by atoms with Gasteiger partial charge in [-0.25, -0.2) is 0 Å². The second-order valence-electron chi connectivity index (χ2n) is 3.79. The van der Waals surface area contributed by atoms with Crippen LogP contribution in [-0.4, -0.2) is 31.6 Å². The minimum Gasteiger partial charge on any atom is -0.348 e. The van der Waals surface area contributed by atoms with Crippen molar-refractivity contribution in [2.45, 2.75) is 25.7 Å². The van der Waals surface area contributed by atoms with Crippen LogP contribution < -0.4 is 5.32 Å². The zero-order valence-electron chi connectivity index (χ0n) is 7.09. The second kappa shape index (κ2) is 2.44. The van der Waals surface area contributed by atoms with E-state index in [1.165, 1.54) is 0 Å². The molecule has 3 nitrogen and oxygen atoms in total. The lowest BCUT2D eigenvalue weighted by Crippen LogP contribution is -2.49. The number of hydrogen-bond donors (Lipinski definition) is 1. The summed E-state index contributed by atoms with van der Waals surface area (Å²) in [5.41, 5.74) is 0. The van der Waals surface area contributed by atoms with E-state index in [0.29, 0.717) is 12.0 Å². The Morgan fingerprint density at radius 2 is 2.09 bits per heavy atom. The Morgan fingerprint density at radius 3 is 2.45 bits per heavy atom. The molecule has 11 heavy (non-hydrogen) atoms. The zero-order valence-corrected chi connectivity index (χ0v) is 7.09. The van der Waals surface area contributed by atoms with Crippen LogP contribution in [0.15, 0.2) is 0 Å².